The average molecular weight is 369 g/mol. The van der Waals surface area contributed by atoms with Gasteiger partial charge in [-0.25, -0.2) is 0 Å². The van der Waals surface area contributed by atoms with E-state index >= 15 is 0 Å². The lowest BCUT2D eigenvalue weighted by Crippen LogP contribution is -2.07. The molecule has 7 heteroatoms. The molecule has 2 aromatic heterocycles. The van der Waals surface area contributed by atoms with E-state index in [1.165, 1.54) is 22.9 Å². The molecule has 6 nitrogen and oxygen atoms in total. The van der Waals surface area contributed by atoms with Crippen molar-refractivity contribution in [2.24, 2.45) is 7.05 Å². The number of nitrogens with two attached hydrogens (primary N) is 1. The first-order chi connectivity index (χ1) is 12.3. The van der Waals surface area contributed by atoms with E-state index in [0.717, 1.165) is 22.6 Å². The summed E-state index contributed by atoms with van der Waals surface area (Å²) in [5.74, 6) is 0.705. The monoisotopic (exact) mass is 369 g/mol. The fourth-order valence-electron chi connectivity index (χ4n) is 2.97. The molecule has 0 saturated carbocycles. The minimum Gasteiger partial charge on any atom is -0.368 e. The minimum atomic E-state index is 0.0692. The van der Waals surface area contributed by atoms with Crippen LogP contribution in [0.5, 0.6) is 0 Å². The molecule has 0 amide bonds. The summed E-state index contributed by atoms with van der Waals surface area (Å²) >= 11 is 1.35. The van der Waals surface area contributed by atoms with Gasteiger partial charge in [0, 0.05) is 29.7 Å². The van der Waals surface area contributed by atoms with Gasteiger partial charge in [0.1, 0.15) is 0 Å². The van der Waals surface area contributed by atoms with Crippen molar-refractivity contribution in [3.63, 3.8) is 0 Å². The molecule has 3 rings (SSSR count). The standard InChI is InChI=1S/C19H23N5OS/c1-11-6-7-15(8-12(11)2)24-13(3)9-16(14(24)4)17(25)10-26-19-22-21-18(20)23(19)5/h6-9H,10H2,1-5H3,(H2,20,21). The lowest BCUT2D eigenvalue weighted by atomic mass is 10.1. The van der Waals surface area contributed by atoms with E-state index in [9.17, 15) is 4.79 Å². The molecule has 0 saturated heterocycles. The van der Waals surface area contributed by atoms with Crippen LogP contribution in [-0.4, -0.2) is 30.9 Å². The summed E-state index contributed by atoms with van der Waals surface area (Å²) in [7, 11) is 1.79. The molecule has 2 heterocycles. The second-order valence-electron chi connectivity index (χ2n) is 6.50. The quantitative estimate of drug-likeness (QED) is 0.551. The van der Waals surface area contributed by atoms with E-state index in [1.54, 1.807) is 11.6 Å². The number of carbonyl (C=O) groups excluding carboxylic acids is 1. The Kier molecular flexibility index (Phi) is 4.91. The highest BCUT2D eigenvalue weighted by Crippen LogP contribution is 2.25. The van der Waals surface area contributed by atoms with E-state index < -0.39 is 0 Å². The van der Waals surface area contributed by atoms with Crippen molar-refractivity contribution in [3.05, 3.63) is 52.3 Å². The predicted octanol–water partition coefficient (Wildman–Crippen LogP) is 3.40. The third-order valence-electron chi connectivity index (χ3n) is 4.68. The zero-order valence-electron chi connectivity index (χ0n) is 15.7. The van der Waals surface area contributed by atoms with E-state index in [4.69, 9.17) is 5.73 Å². The smallest absolute Gasteiger partial charge is 0.222 e. The van der Waals surface area contributed by atoms with Crippen LogP contribution in [0.15, 0.2) is 29.4 Å². The van der Waals surface area contributed by atoms with Crippen LogP contribution in [0, 0.1) is 27.7 Å². The first-order valence-corrected chi connectivity index (χ1v) is 9.35. The maximum atomic E-state index is 12.8. The summed E-state index contributed by atoms with van der Waals surface area (Å²) in [6.45, 7) is 8.21. The Morgan fingerprint density at radius 3 is 2.46 bits per heavy atom. The first-order valence-electron chi connectivity index (χ1n) is 8.37. The van der Waals surface area contributed by atoms with Gasteiger partial charge in [0.05, 0.1) is 5.75 Å². The number of ketones is 1. The molecule has 2 N–H and O–H groups in total. The number of nitrogens with zero attached hydrogens (tertiary/aromatic N) is 4. The predicted molar refractivity (Wildman–Crippen MR) is 105 cm³/mol. The normalized spacial score (nSPS) is 11.1. The number of hydrogen-bond donors (Lipinski definition) is 1. The SMILES string of the molecule is Cc1ccc(-n2c(C)cc(C(=O)CSc3nnc(N)n3C)c2C)cc1C. The summed E-state index contributed by atoms with van der Waals surface area (Å²) in [6, 6.07) is 8.31. The lowest BCUT2D eigenvalue weighted by molar-refractivity contribution is 0.102. The van der Waals surface area contributed by atoms with Crippen molar-refractivity contribution in [1.82, 2.24) is 19.3 Å². The van der Waals surface area contributed by atoms with Crippen molar-refractivity contribution < 1.29 is 4.79 Å². The fourth-order valence-corrected chi connectivity index (χ4v) is 3.77. The minimum absolute atomic E-state index is 0.0692. The summed E-state index contributed by atoms with van der Waals surface area (Å²) in [4.78, 5) is 12.8. The van der Waals surface area contributed by atoms with Crippen LogP contribution in [0.2, 0.25) is 0 Å². The zero-order chi connectivity index (χ0) is 19.0. The highest BCUT2D eigenvalue weighted by molar-refractivity contribution is 7.99. The summed E-state index contributed by atoms with van der Waals surface area (Å²) in [5.41, 5.74) is 12.0. The summed E-state index contributed by atoms with van der Waals surface area (Å²) in [5, 5.41) is 8.44. The maximum Gasteiger partial charge on any atom is 0.222 e. The number of Topliss-reactive ketones (excluding diaryl/α,β-unsaturated/α-hetero) is 1. The molecule has 3 aromatic rings. The molecule has 0 bridgehead atoms. The van der Waals surface area contributed by atoms with Crippen LogP contribution < -0.4 is 5.73 Å². The Morgan fingerprint density at radius 1 is 1.12 bits per heavy atom. The van der Waals surface area contributed by atoms with Gasteiger partial charge < -0.3 is 10.3 Å². The van der Waals surface area contributed by atoms with E-state index in [1.807, 2.05) is 19.9 Å². The van der Waals surface area contributed by atoms with Gasteiger partial charge in [-0.2, -0.15) is 0 Å². The second-order valence-corrected chi connectivity index (χ2v) is 7.44. The number of aromatic nitrogens is 4. The zero-order valence-corrected chi connectivity index (χ0v) is 16.5. The lowest BCUT2D eigenvalue weighted by Gasteiger charge is -2.12. The van der Waals surface area contributed by atoms with Crippen LogP contribution in [0.25, 0.3) is 5.69 Å². The van der Waals surface area contributed by atoms with Crippen LogP contribution >= 0.6 is 11.8 Å². The van der Waals surface area contributed by atoms with Crippen molar-refractivity contribution in [1.29, 1.82) is 0 Å². The fraction of sp³-hybridized carbons (Fsp3) is 0.316. The molecule has 0 radical (unpaired) electrons. The number of rotatable bonds is 5. The van der Waals surface area contributed by atoms with Crippen LogP contribution in [0.4, 0.5) is 5.95 Å². The van der Waals surface area contributed by atoms with Gasteiger partial charge in [-0.1, -0.05) is 17.8 Å². The highest BCUT2D eigenvalue weighted by atomic mass is 32.2. The molecule has 0 aliphatic carbocycles. The molecular weight excluding hydrogens is 346 g/mol. The Morgan fingerprint density at radius 2 is 1.85 bits per heavy atom. The molecule has 0 aliphatic rings. The summed E-state index contributed by atoms with van der Waals surface area (Å²) < 4.78 is 3.81. The molecule has 0 unspecified atom stereocenters. The highest BCUT2D eigenvalue weighted by Gasteiger charge is 2.18. The molecule has 0 fully saturated rings. The number of aryl methyl sites for hydroxylation is 3. The number of hydrogen-bond acceptors (Lipinski definition) is 5. The molecule has 0 atom stereocenters. The number of anilines is 1. The molecule has 0 spiro atoms. The Bertz CT molecular complexity index is 986. The van der Waals surface area contributed by atoms with Gasteiger partial charge in [-0.3, -0.25) is 9.36 Å². The van der Waals surface area contributed by atoms with Crippen molar-refractivity contribution in [2.75, 3.05) is 11.5 Å². The van der Waals surface area contributed by atoms with E-state index in [2.05, 4.69) is 46.8 Å². The molecule has 1 aromatic carbocycles. The Balaban J connectivity index is 1.86. The third-order valence-corrected chi connectivity index (χ3v) is 5.70. The average Bonchev–Trinajstić information content (AvgIpc) is 3.08. The van der Waals surface area contributed by atoms with Gasteiger partial charge in [0.25, 0.3) is 0 Å². The van der Waals surface area contributed by atoms with Gasteiger partial charge in [-0.05, 0) is 57.0 Å². The van der Waals surface area contributed by atoms with Crippen LogP contribution in [0.3, 0.4) is 0 Å². The van der Waals surface area contributed by atoms with Gasteiger partial charge in [0.2, 0.25) is 5.95 Å². The van der Waals surface area contributed by atoms with E-state index in [-0.39, 0.29) is 5.78 Å². The topological polar surface area (TPSA) is 78.7 Å². The largest absolute Gasteiger partial charge is 0.368 e. The van der Waals surface area contributed by atoms with Gasteiger partial charge in [-0.15, -0.1) is 10.2 Å². The Hall–Kier alpha value is -2.54. The molecule has 0 aliphatic heterocycles. The Labute approximate surface area is 157 Å². The van der Waals surface area contributed by atoms with Crippen molar-refractivity contribution in [3.8, 4) is 5.69 Å². The van der Waals surface area contributed by atoms with Crippen LogP contribution in [-0.2, 0) is 7.05 Å². The number of thioether (sulfide) groups is 1. The molecule has 136 valence electrons. The molecular formula is C19H23N5OS. The number of nitrogen functional groups attached to an aromatic ring is 1. The van der Waals surface area contributed by atoms with Gasteiger partial charge in [0.15, 0.2) is 10.9 Å². The second kappa shape index (κ2) is 6.99. The number of benzene rings is 1. The van der Waals surface area contributed by atoms with Crippen molar-refractivity contribution >= 4 is 23.5 Å². The number of carbonyl (C=O) groups is 1. The molecule has 26 heavy (non-hydrogen) atoms. The summed E-state index contributed by atoms with van der Waals surface area (Å²) in [6.07, 6.45) is 0. The van der Waals surface area contributed by atoms with Gasteiger partial charge >= 0.3 is 0 Å². The van der Waals surface area contributed by atoms with Crippen molar-refractivity contribution in [2.45, 2.75) is 32.9 Å². The van der Waals surface area contributed by atoms with Crippen LogP contribution in [0.1, 0.15) is 32.9 Å². The maximum absolute atomic E-state index is 12.8. The first kappa shape index (κ1) is 18.3. The third kappa shape index (κ3) is 3.26. The van der Waals surface area contributed by atoms with E-state index in [0.29, 0.717) is 16.9 Å².